The molecule has 0 spiro atoms. The number of nitrogens with one attached hydrogen (secondary N) is 2. The maximum Gasteiger partial charge on any atom is 0.315 e. The minimum absolute atomic E-state index is 0.0148. The molecule has 1 aliphatic heterocycles. The largest absolute Gasteiger partial charge is 0.337 e. The number of nitrogens with zero attached hydrogens (tertiary/aromatic N) is 3. The van der Waals surface area contributed by atoms with Crippen molar-refractivity contribution in [3.8, 4) is 5.69 Å². The van der Waals surface area contributed by atoms with E-state index < -0.39 is 0 Å². The molecule has 5 rings (SSSR count). The van der Waals surface area contributed by atoms with E-state index in [4.69, 9.17) is 16.7 Å². The van der Waals surface area contributed by atoms with Crippen LogP contribution in [0.2, 0.25) is 5.02 Å². The first kappa shape index (κ1) is 24.2. The van der Waals surface area contributed by atoms with E-state index >= 15 is 0 Å². The molecule has 1 saturated heterocycles. The van der Waals surface area contributed by atoms with Crippen molar-refractivity contribution < 1.29 is 9.59 Å². The van der Waals surface area contributed by atoms with Gasteiger partial charge in [0.15, 0.2) is 5.69 Å². The zero-order valence-electron chi connectivity index (χ0n) is 20.4. The lowest BCUT2D eigenvalue weighted by Gasteiger charge is -2.33. The molecule has 35 heavy (non-hydrogen) atoms. The first-order chi connectivity index (χ1) is 17.1. The van der Waals surface area contributed by atoms with Gasteiger partial charge in [0.1, 0.15) is 0 Å². The summed E-state index contributed by atoms with van der Waals surface area (Å²) in [5.41, 5.74) is 3.80. The van der Waals surface area contributed by atoms with Gasteiger partial charge in [0.2, 0.25) is 0 Å². The van der Waals surface area contributed by atoms with Crippen molar-refractivity contribution in [2.75, 3.05) is 13.1 Å². The normalized spacial score (nSPS) is 19.6. The van der Waals surface area contributed by atoms with E-state index in [9.17, 15) is 9.59 Å². The van der Waals surface area contributed by atoms with Gasteiger partial charge in [-0.1, -0.05) is 37.3 Å². The second kappa shape index (κ2) is 11.0. The summed E-state index contributed by atoms with van der Waals surface area (Å²) in [5.74, 6) is 0.0148. The van der Waals surface area contributed by atoms with Gasteiger partial charge in [0.25, 0.3) is 5.91 Å². The monoisotopic (exact) mass is 497 g/mol. The van der Waals surface area contributed by atoms with Crippen LogP contribution in [0.5, 0.6) is 0 Å². The van der Waals surface area contributed by atoms with Crippen LogP contribution in [0.3, 0.4) is 0 Å². The number of urea groups is 1. The molecule has 8 heteroatoms. The third-order valence-electron chi connectivity index (χ3n) is 7.76. The van der Waals surface area contributed by atoms with E-state index in [1.807, 2.05) is 33.8 Å². The quantitative estimate of drug-likeness (QED) is 0.581. The Morgan fingerprint density at radius 3 is 2.17 bits per heavy atom. The second-order valence-electron chi connectivity index (χ2n) is 10.2. The fourth-order valence-corrected chi connectivity index (χ4v) is 5.91. The molecule has 188 valence electrons. The average Bonchev–Trinajstić information content (AvgIpc) is 3.05. The molecule has 1 aromatic carbocycles. The van der Waals surface area contributed by atoms with Gasteiger partial charge < -0.3 is 15.5 Å². The Hall–Kier alpha value is -2.54. The standard InChI is InChI=1S/C27H36ClN5O2/c28-19-11-13-22(14-12-19)33-24-10-6-2-5-9-23(24)25(31-33)26(34)32-17-15-21(16-18-32)30-27(35)29-20-7-3-1-4-8-20/h11-14,20-21H,1-10,15-18H2,(H2,29,30,35). The minimum Gasteiger partial charge on any atom is -0.337 e. The predicted octanol–water partition coefficient (Wildman–Crippen LogP) is 5.03. The van der Waals surface area contributed by atoms with Gasteiger partial charge in [-0.15, -0.1) is 0 Å². The number of hydrogen-bond acceptors (Lipinski definition) is 3. The van der Waals surface area contributed by atoms with E-state index in [0.29, 0.717) is 29.8 Å². The number of aromatic nitrogens is 2. The van der Waals surface area contributed by atoms with E-state index in [-0.39, 0.29) is 18.0 Å². The van der Waals surface area contributed by atoms with Crippen LogP contribution in [0.1, 0.15) is 86.0 Å². The van der Waals surface area contributed by atoms with Gasteiger partial charge in [-0.05, 0) is 75.6 Å². The Balaban J connectivity index is 1.24. The van der Waals surface area contributed by atoms with Crippen LogP contribution >= 0.6 is 11.6 Å². The summed E-state index contributed by atoms with van der Waals surface area (Å²) in [7, 11) is 0. The fraction of sp³-hybridized carbons (Fsp3) is 0.593. The van der Waals surface area contributed by atoms with E-state index in [1.54, 1.807) is 0 Å². The van der Waals surface area contributed by atoms with Gasteiger partial charge >= 0.3 is 6.03 Å². The highest BCUT2D eigenvalue weighted by Crippen LogP contribution is 2.28. The van der Waals surface area contributed by atoms with Gasteiger partial charge in [0, 0.05) is 41.5 Å². The second-order valence-corrected chi connectivity index (χ2v) is 10.7. The van der Waals surface area contributed by atoms with E-state index in [0.717, 1.165) is 68.3 Å². The summed E-state index contributed by atoms with van der Waals surface area (Å²) in [6.45, 7) is 1.27. The van der Waals surface area contributed by atoms with Crippen LogP contribution < -0.4 is 10.6 Å². The minimum atomic E-state index is -0.0614. The van der Waals surface area contributed by atoms with Crippen LogP contribution in [0.15, 0.2) is 24.3 Å². The molecule has 0 atom stereocenters. The number of hydrogen-bond donors (Lipinski definition) is 2. The number of halogens is 1. The summed E-state index contributed by atoms with van der Waals surface area (Å²) in [4.78, 5) is 28.0. The zero-order valence-corrected chi connectivity index (χ0v) is 21.2. The molecule has 2 heterocycles. The number of likely N-dealkylation sites (tertiary alicyclic amines) is 1. The number of piperidine rings is 1. The highest BCUT2D eigenvalue weighted by molar-refractivity contribution is 6.30. The Kier molecular flexibility index (Phi) is 7.61. The van der Waals surface area contributed by atoms with Crippen molar-refractivity contribution in [1.82, 2.24) is 25.3 Å². The molecule has 2 fully saturated rings. The van der Waals surface area contributed by atoms with Crippen LogP contribution in [0.4, 0.5) is 4.79 Å². The number of rotatable bonds is 4. The highest BCUT2D eigenvalue weighted by Gasteiger charge is 2.31. The molecule has 0 bridgehead atoms. The van der Waals surface area contributed by atoms with Crippen LogP contribution in [0, 0.1) is 0 Å². The van der Waals surface area contributed by atoms with E-state index in [1.165, 1.54) is 25.7 Å². The first-order valence-electron chi connectivity index (χ1n) is 13.3. The van der Waals surface area contributed by atoms with Gasteiger partial charge in [0.05, 0.1) is 5.69 Å². The number of benzene rings is 1. The Labute approximate surface area is 212 Å². The lowest BCUT2D eigenvalue weighted by atomic mass is 9.96. The summed E-state index contributed by atoms with van der Waals surface area (Å²) >= 11 is 6.10. The first-order valence-corrected chi connectivity index (χ1v) is 13.7. The van der Waals surface area contributed by atoms with Crippen molar-refractivity contribution in [3.05, 3.63) is 46.2 Å². The maximum atomic E-state index is 13.6. The van der Waals surface area contributed by atoms with Gasteiger partial charge in [-0.2, -0.15) is 5.10 Å². The summed E-state index contributed by atoms with van der Waals surface area (Å²) in [6, 6.07) is 8.00. The Morgan fingerprint density at radius 2 is 1.46 bits per heavy atom. The number of amides is 3. The van der Waals surface area contributed by atoms with E-state index in [2.05, 4.69) is 10.6 Å². The van der Waals surface area contributed by atoms with Crippen molar-refractivity contribution >= 4 is 23.5 Å². The highest BCUT2D eigenvalue weighted by atomic mass is 35.5. The Bertz CT molecular complexity index is 1040. The molecule has 7 nitrogen and oxygen atoms in total. The third-order valence-corrected chi connectivity index (χ3v) is 8.01. The number of carbonyl (C=O) groups excluding carboxylic acids is 2. The summed E-state index contributed by atoms with van der Waals surface area (Å²) < 4.78 is 1.95. The van der Waals surface area contributed by atoms with Gasteiger partial charge in [-0.25, -0.2) is 9.48 Å². The van der Waals surface area contributed by atoms with Crippen LogP contribution in [-0.4, -0.2) is 51.8 Å². The van der Waals surface area contributed by atoms with Crippen LogP contribution in [-0.2, 0) is 12.8 Å². The van der Waals surface area contributed by atoms with Crippen molar-refractivity contribution in [1.29, 1.82) is 0 Å². The topological polar surface area (TPSA) is 79.3 Å². The molecule has 2 aromatic rings. The molecule has 2 aliphatic carbocycles. The zero-order chi connectivity index (χ0) is 24.2. The van der Waals surface area contributed by atoms with Crippen molar-refractivity contribution in [2.45, 2.75) is 89.1 Å². The molecular weight excluding hydrogens is 462 g/mol. The smallest absolute Gasteiger partial charge is 0.315 e. The molecule has 3 amide bonds. The number of carbonyl (C=O) groups is 2. The molecule has 1 saturated carbocycles. The van der Waals surface area contributed by atoms with Crippen LogP contribution in [0.25, 0.3) is 5.69 Å². The molecule has 2 N–H and O–H groups in total. The summed E-state index contributed by atoms with van der Waals surface area (Å²) in [5, 5.41) is 11.8. The predicted molar refractivity (Wildman–Crippen MR) is 137 cm³/mol. The molecule has 3 aliphatic rings. The molecular formula is C27H36ClN5O2. The molecule has 1 aromatic heterocycles. The lowest BCUT2D eigenvalue weighted by Crippen LogP contribution is -2.51. The Morgan fingerprint density at radius 1 is 0.829 bits per heavy atom. The average molecular weight is 498 g/mol. The summed E-state index contributed by atoms with van der Waals surface area (Å²) in [6.07, 6.45) is 12.5. The van der Waals surface area contributed by atoms with Crippen molar-refractivity contribution in [3.63, 3.8) is 0 Å². The fourth-order valence-electron chi connectivity index (χ4n) is 5.78. The maximum absolute atomic E-state index is 13.6. The third kappa shape index (κ3) is 5.66. The SMILES string of the molecule is O=C(NC1CCCCC1)NC1CCN(C(=O)c2nn(-c3ccc(Cl)cc3)c3c2CCCCC3)CC1. The molecule has 0 radical (unpaired) electrons. The number of fused-ring (bicyclic) bond motifs is 1. The molecule has 0 unspecified atom stereocenters. The lowest BCUT2D eigenvalue weighted by molar-refractivity contribution is 0.0700. The van der Waals surface area contributed by atoms with Gasteiger partial charge in [-0.3, -0.25) is 4.79 Å². The van der Waals surface area contributed by atoms with Crippen molar-refractivity contribution in [2.24, 2.45) is 0 Å².